The summed E-state index contributed by atoms with van der Waals surface area (Å²) in [6.45, 7) is 6.30. The van der Waals surface area contributed by atoms with E-state index in [1.807, 2.05) is 0 Å². The maximum absolute atomic E-state index is 12.9. The Morgan fingerprint density at radius 2 is 0.549 bits per heavy atom. The van der Waals surface area contributed by atoms with Crippen LogP contribution in [0.2, 0.25) is 0 Å². The zero-order chi connectivity index (χ0) is 51.4. The average Bonchev–Trinajstić information content (AvgIpc) is 3.37. The van der Waals surface area contributed by atoms with Crippen molar-refractivity contribution < 1.29 is 28.6 Å². The van der Waals surface area contributed by atoms with E-state index in [9.17, 15) is 14.4 Å². The molecule has 0 saturated heterocycles. The lowest BCUT2D eigenvalue weighted by molar-refractivity contribution is -0.167. The molecule has 1 unspecified atom stereocenters. The van der Waals surface area contributed by atoms with E-state index in [2.05, 4.69) is 167 Å². The van der Waals surface area contributed by atoms with Gasteiger partial charge in [-0.3, -0.25) is 14.4 Å². The molecule has 0 amide bonds. The second kappa shape index (κ2) is 57.9. The molecule has 0 aromatic carbocycles. The van der Waals surface area contributed by atoms with Crippen molar-refractivity contribution in [2.75, 3.05) is 13.2 Å². The molecule has 0 aliphatic heterocycles. The van der Waals surface area contributed by atoms with Gasteiger partial charge in [0.2, 0.25) is 0 Å². The monoisotopic (exact) mass is 979 g/mol. The van der Waals surface area contributed by atoms with Gasteiger partial charge in [-0.15, -0.1) is 0 Å². The number of carbonyl (C=O) groups is 3. The first-order chi connectivity index (χ1) is 35.0. The van der Waals surface area contributed by atoms with Gasteiger partial charge in [0.1, 0.15) is 13.2 Å². The molecule has 6 heteroatoms. The van der Waals surface area contributed by atoms with Gasteiger partial charge in [-0.1, -0.05) is 212 Å². The third kappa shape index (κ3) is 56.1. The van der Waals surface area contributed by atoms with Crippen molar-refractivity contribution in [1.82, 2.24) is 0 Å². The largest absolute Gasteiger partial charge is 0.462 e. The molecule has 0 spiro atoms. The van der Waals surface area contributed by atoms with Gasteiger partial charge in [-0.2, -0.15) is 0 Å². The minimum Gasteiger partial charge on any atom is -0.462 e. The molecule has 0 fully saturated rings. The van der Waals surface area contributed by atoms with Gasteiger partial charge < -0.3 is 14.2 Å². The Labute approximate surface area is 436 Å². The van der Waals surface area contributed by atoms with E-state index >= 15 is 0 Å². The highest BCUT2D eigenvalue weighted by Gasteiger charge is 2.19. The van der Waals surface area contributed by atoms with Crippen molar-refractivity contribution in [3.8, 4) is 0 Å². The Kier molecular flexibility index (Phi) is 54.0. The molecule has 0 radical (unpaired) electrons. The Hall–Kier alpha value is -4.71. The average molecular weight is 980 g/mol. The third-order valence-corrected chi connectivity index (χ3v) is 11.3. The zero-order valence-electron chi connectivity index (χ0n) is 45.4. The van der Waals surface area contributed by atoms with Crippen molar-refractivity contribution in [3.63, 3.8) is 0 Å². The van der Waals surface area contributed by atoms with E-state index in [1.165, 1.54) is 25.7 Å². The van der Waals surface area contributed by atoms with E-state index in [1.54, 1.807) is 0 Å². The number of hydrogen-bond donors (Lipinski definition) is 0. The standard InChI is InChI=1S/C65H102O6/c1-4-7-10-13-16-19-22-25-28-30-31-32-33-35-37-40-43-46-49-52-55-58-64(67)70-61-62(60-69-63(66)57-54-51-48-45-42-39-36-27-24-21-18-15-12-9-6-3)71-65(68)59-56-53-50-47-44-41-38-34-29-26-23-20-17-14-11-8-5-2/h7-8,10-11,16-21,25-29,31-32,35-38,41,43,46,62H,4-6,9,12-15,22-24,30,33-34,39-40,42,44-45,47-61H2,1-3H3/b10-7-,11-8-,19-16-,20-17-,21-18-,28-25-,29-26-,32-31-,36-27-,37-35-,41-38-,46-43-. The molecule has 1 atom stereocenters. The smallest absolute Gasteiger partial charge is 0.306 e. The summed E-state index contributed by atoms with van der Waals surface area (Å²) in [5, 5.41) is 0. The fourth-order valence-corrected chi connectivity index (χ4v) is 7.11. The Morgan fingerprint density at radius 1 is 0.296 bits per heavy atom. The first kappa shape index (κ1) is 66.3. The van der Waals surface area contributed by atoms with Crippen LogP contribution in [0.3, 0.4) is 0 Å². The van der Waals surface area contributed by atoms with E-state index in [4.69, 9.17) is 14.2 Å². The summed E-state index contributed by atoms with van der Waals surface area (Å²) in [7, 11) is 0. The minimum atomic E-state index is -0.822. The van der Waals surface area contributed by atoms with Gasteiger partial charge >= 0.3 is 17.9 Å². The normalized spacial score (nSPS) is 13.2. The molecule has 71 heavy (non-hydrogen) atoms. The zero-order valence-corrected chi connectivity index (χ0v) is 45.4. The summed E-state index contributed by atoms with van der Waals surface area (Å²) in [6.07, 6.45) is 82.6. The summed E-state index contributed by atoms with van der Waals surface area (Å²) in [5.74, 6) is -1.00. The summed E-state index contributed by atoms with van der Waals surface area (Å²) >= 11 is 0. The molecule has 0 rings (SSSR count). The Bertz CT molecular complexity index is 1590. The number of carbonyl (C=O) groups excluding carboxylic acids is 3. The lowest BCUT2D eigenvalue weighted by Crippen LogP contribution is -2.30. The van der Waals surface area contributed by atoms with Crippen LogP contribution >= 0.6 is 0 Å². The van der Waals surface area contributed by atoms with Gasteiger partial charge in [0.25, 0.3) is 0 Å². The maximum atomic E-state index is 12.9. The molecular formula is C65H102O6. The van der Waals surface area contributed by atoms with Gasteiger partial charge in [-0.05, 0) is 141 Å². The van der Waals surface area contributed by atoms with Crippen LogP contribution in [0.25, 0.3) is 0 Å². The predicted octanol–water partition coefficient (Wildman–Crippen LogP) is 19.2. The first-order valence-corrected chi connectivity index (χ1v) is 28.3. The van der Waals surface area contributed by atoms with Gasteiger partial charge in [0.05, 0.1) is 0 Å². The molecular weight excluding hydrogens is 877 g/mol. The summed E-state index contributed by atoms with van der Waals surface area (Å²) < 4.78 is 16.8. The molecule has 0 saturated carbocycles. The van der Waals surface area contributed by atoms with Gasteiger partial charge in [-0.25, -0.2) is 0 Å². The van der Waals surface area contributed by atoms with Crippen molar-refractivity contribution in [2.45, 2.75) is 232 Å². The number of esters is 3. The highest BCUT2D eigenvalue weighted by Crippen LogP contribution is 2.12. The third-order valence-electron chi connectivity index (χ3n) is 11.3. The fraction of sp³-hybridized carbons (Fsp3) is 0.585. The van der Waals surface area contributed by atoms with Crippen LogP contribution in [0, 0.1) is 0 Å². The first-order valence-electron chi connectivity index (χ1n) is 28.3. The lowest BCUT2D eigenvalue weighted by Gasteiger charge is -2.18. The van der Waals surface area contributed by atoms with E-state index in [0.29, 0.717) is 12.8 Å². The molecule has 0 N–H and O–H groups in total. The van der Waals surface area contributed by atoms with Crippen LogP contribution in [0.15, 0.2) is 146 Å². The molecule has 0 bridgehead atoms. The SMILES string of the molecule is CC/C=C\C/C=C\C/C=C\C/C=C\C/C=C\C/C=C\CCCCC(=O)OCC(COC(=O)CCCCCCC/C=C\C/C=C\CCCCC)OC(=O)CCCCCC/C=C\C/C=C\C/C=C\C/C=C\CC. The van der Waals surface area contributed by atoms with E-state index < -0.39 is 6.10 Å². The van der Waals surface area contributed by atoms with Crippen molar-refractivity contribution in [2.24, 2.45) is 0 Å². The molecule has 0 aromatic heterocycles. The highest BCUT2D eigenvalue weighted by molar-refractivity contribution is 5.71. The number of allylic oxidation sites excluding steroid dienone is 24. The Morgan fingerprint density at radius 3 is 0.887 bits per heavy atom. The summed E-state index contributed by atoms with van der Waals surface area (Å²) in [5.41, 5.74) is 0. The highest BCUT2D eigenvalue weighted by atomic mass is 16.6. The lowest BCUT2D eigenvalue weighted by atomic mass is 10.1. The topological polar surface area (TPSA) is 78.9 Å². The van der Waals surface area contributed by atoms with Crippen LogP contribution in [0.1, 0.15) is 226 Å². The number of rotatable bonds is 49. The molecule has 6 nitrogen and oxygen atoms in total. The molecule has 0 aliphatic rings. The predicted molar refractivity (Wildman–Crippen MR) is 306 cm³/mol. The molecule has 0 heterocycles. The van der Waals surface area contributed by atoms with Crippen LogP contribution in [0.4, 0.5) is 0 Å². The van der Waals surface area contributed by atoms with Crippen molar-refractivity contribution >= 4 is 17.9 Å². The van der Waals surface area contributed by atoms with Crippen molar-refractivity contribution in [1.29, 1.82) is 0 Å². The summed E-state index contributed by atoms with van der Waals surface area (Å²) in [4.78, 5) is 38.2. The second-order valence-corrected chi connectivity index (χ2v) is 18.1. The number of hydrogen-bond acceptors (Lipinski definition) is 6. The quantitative estimate of drug-likeness (QED) is 0.0262. The van der Waals surface area contributed by atoms with Crippen LogP contribution in [-0.4, -0.2) is 37.2 Å². The molecule has 0 aliphatic carbocycles. The molecule has 0 aromatic rings. The van der Waals surface area contributed by atoms with Crippen LogP contribution in [-0.2, 0) is 28.6 Å². The van der Waals surface area contributed by atoms with Crippen LogP contribution in [0.5, 0.6) is 0 Å². The maximum Gasteiger partial charge on any atom is 0.306 e. The van der Waals surface area contributed by atoms with Crippen LogP contribution < -0.4 is 0 Å². The van der Waals surface area contributed by atoms with E-state index in [-0.39, 0.29) is 44.0 Å². The van der Waals surface area contributed by atoms with E-state index in [0.717, 1.165) is 154 Å². The fourth-order valence-electron chi connectivity index (χ4n) is 7.11. The van der Waals surface area contributed by atoms with Gasteiger partial charge in [0, 0.05) is 19.3 Å². The van der Waals surface area contributed by atoms with Gasteiger partial charge in [0.15, 0.2) is 6.10 Å². The Balaban J connectivity index is 4.56. The second-order valence-electron chi connectivity index (χ2n) is 18.1. The minimum absolute atomic E-state index is 0.115. The number of ether oxygens (including phenoxy) is 3. The van der Waals surface area contributed by atoms with Crippen molar-refractivity contribution in [3.05, 3.63) is 146 Å². The summed E-state index contributed by atoms with van der Waals surface area (Å²) in [6, 6.07) is 0. The number of unbranched alkanes of at least 4 members (excludes halogenated alkanes) is 14. The molecule has 398 valence electrons.